The molecule has 1 aliphatic rings. The summed E-state index contributed by atoms with van der Waals surface area (Å²) >= 11 is 0. The predicted molar refractivity (Wildman–Crippen MR) is 67.3 cm³/mol. The molecular formula is C13H26N2O. The first-order valence-corrected chi connectivity index (χ1v) is 6.34. The Bertz CT molecular complexity index is 248. The van der Waals surface area contributed by atoms with E-state index in [9.17, 15) is 4.79 Å². The molecule has 94 valence electrons. The first-order valence-electron chi connectivity index (χ1n) is 6.34. The highest BCUT2D eigenvalue weighted by molar-refractivity contribution is 5.81. The number of rotatable bonds is 3. The van der Waals surface area contributed by atoms with Crippen LogP contribution in [0.25, 0.3) is 0 Å². The Hall–Kier alpha value is -0.570. The lowest BCUT2D eigenvalue weighted by Crippen LogP contribution is -2.42. The zero-order chi connectivity index (χ0) is 12.3. The highest BCUT2D eigenvalue weighted by Crippen LogP contribution is 2.20. The van der Waals surface area contributed by atoms with Crippen LogP contribution < -0.4 is 5.32 Å². The third kappa shape index (κ3) is 3.78. The fourth-order valence-corrected chi connectivity index (χ4v) is 2.04. The summed E-state index contributed by atoms with van der Waals surface area (Å²) in [5.41, 5.74) is 0.178. The van der Waals surface area contributed by atoms with Gasteiger partial charge in [-0.25, -0.2) is 0 Å². The number of hydrogen-bond acceptors (Lipinski definition) is 2. The fraction of sp³-hybridized carbons (Fsp3) is 0.923. The Kier molecular flexibility index (Phi) is 4.36. The van der Waals surface area contributed by atoms with E-state index in [0.717, 1.165) is 26.1 Å². The molecule has 3 nitrogen and oxygen atoms in total. The molecule has 0 bridgehead atoms. The number of carbonyl (C=O) groups excluding carboxylic acids is 1. The van der Waals surface area contributed by atoms with Gasteiger partial charge in [-0.15, -0.1) is 0 Å². The van der Waals surface area contributed by atoms with Gasteiger partial charge in [-0.2, -0.15) is 0 Å². The first kappa shape index (κ1) is 13.5. The van der Waals surface area contributed by atoms with Gasteiger partial charge in [0.25, 0.3) is 0 Å². The number of hydrogen-bond donors (Lipinski definition) is 1. The van der Waals surface area contributed by atoms with Crippen molar-refractivity contribution < 1.29 is 4.79 Å². The van der Waals surface area contributed by atoms with Crippen molar-refractivity contribution in [3.8, 4) is 0 Å². The Morgan fingerprint density at radius 3 is 2.69 bits per heavy atom. The third-order valence-corrected chi connectivity index (χ3v) is 3.16. The van der Waals surface area contributed by atoms with Gasteiger partial charge in [-0.3, -0.25) is 4.79 Å². The molecule has 1 atom stereocenters. The largest absolute Gasteiger partial charge is 0.341 e. The van der Waals surface area contributed by atoms with Crippen LogP contribution in [0.3, 0.4) is 0 Å². The van der Waals surface area contributed by atoms with E-state index >= 15 is 0 Å². The fourth-order valence-electron chi connectivity index (χ4n) is 2.04. The van der Waals surface area contributed by atoms with Crippen molar-refractivity contribution in [1.29, 1.82) is 0 Å². The molecule has 3 heteroatoms. The van der Waals surface area contributed by atoms with Gasteiger partial charge in [0, 0.05) is 19.6 Å². The summed E-state index contributed by atoms with van der Waals surface area (Å²) in [4.78, 5) is 14.1. The Morgan fingerprint density at radius 2 is 2.12 bits per heavy atom. The Balaban J connectivity index is 2.66. The highest BCUT2D eigenvalue weighted by atomic mass is 16.2. The maximum absolute atomic E-state index is 12.1. The van der Waals surface area contributed by atoms with E-state index < -0.39 is 0 Å². The number of carbonyl (C=O) groups is 1. The molecule has 0 aromatic rings. The number of amides is 1. The van der Waals surface area contributed by atoms with Crippen LogP contribution in [0.4, 0.5) is 0 Å². The molecule has 16 heavy (non-hydrogen) atoms. The zero-order valence-corrected chi connectivity index (χ0v) is 11.3. The van der Waals surface area contributed by atoms with Crippen molar-refractivity contribution >= 4 is 5.91 Å². The van der Waals surface area contributed by atoms with Crippen LogP contribution in [0.15, 0.2) is 0 Å². The van der Waals surface area contributed by atoms with E-state index in [1.165, 1.54) is 0 Å². The smallest absolute Gasteiger partial charge is 0.239 e. The molecule has 0 aliphatic carbocycles. The SMILES string of the molecule is CC(C)CCN1CC(C)(C)CNC(C)C1=O. The quantitative estimate of drug-likeness (QED) is 0.797. The van der Waals surface area contributed by atoms with E-state index in [1.807, 2.05) is 11.8 Å². The summed E-state index contributed by atoms with van der Waals surface area (Å²) in [6.45, 7) is 13.5. The van der Waals surface area contributed by atoms with Gasteiger partial charge in [0.05, 0.1) is 6.04 Å². The van der Waals surface area contributed by atoms with E-state index in [4.69, 9.17) is 0 Å². The number of nitrogens with one attached hydrogen (secondary N) is 1. The summed E-state index contributed by atoms with van der Waals surface area (Å²) in [5, 5.41) is 3.31. The van der Waals surface area contributed by atoms with E-state index in [2.05, 4.69) is 33.0 Å². The summed E-state index contributed by atoms with van der Waals surface area (Å²) < 4.78 is 0. The Morgan fingerprint density at radius 1 is 1.50 bits per heavy atom. The molecule has 0 aromatic carbocycles. The van der Waals surface area contributed by atoms with Gasteiger partial charge < -0.3 is 10.2 Å². The minimum Gasteiger partial charge on any atom is -0.341 e. The van der Waals surface area contributed by atoms with Crippen molar-refractivity contribution in [1.82, 2.24) is 10.2 Å². The van der Waals surface area contributed by atoms with Crippen molar-refractivity contribution in [2.45, 2.75) is 47.1 Å². The summed E-state index contributed by atoms with van der Waals surface area (Å²) in [6, 6.07) is -0.0334. The minimum atomic E-state index is -0.0334. The topological polar surface area (TPSA) is 32.3 Å². The normalized spacial score (nSPS) is 26.0. The maximum Gasteiger partial charge on any atom is 0.239 e. The molecule has 1 aliphatic heterocycles. The lowest BCUT2D eigenvalue weighted by molar-refractivity contribution is -0.133. The van der Waals surface area contributed by atoms with Gasteiger partial charge in [0.15, 0.2) is 0 Å². The predicted octanol–water partition coefficient (Wildman–Crippen LogP) is 1.88. The molecule has 0 radical (unpaired) electrons. The standard InChI is InChI=1S/C13H26N2O/c1-10(2)6-7-15-9-13(4,5)8-14-11(3)12(15)16/h10-11,14H,6-9H2,1-5H3. The molecule has 1 fully saturated rings. The monoisotopic (exact) mass is 226 g/mol. The minimum absolute atomic E-state index is 0.0334. The van der Waals surface area contributed by atoms with Crippen molar-refractivity contribution in [2.75, 3.05) is 19.6 Å². The molecular weight excluding hydrogens is 200 g/mol. The molecule has 1 amide bonds. The van der Waals surface area contributed by atoms with Crippen molar-refractivity contribution in [3.63, 3.8) is 0 Å². The second-order valence-corrected chi connectivity index (χ2v) is 6.21. The zero-order valence-electron chi connectivity index (χ0n) is 11.3. The van der Waals surface area contributed by atoms with Crippen LogP contribution in [0.2, 0.25) is 0 Å². The molecule has 1 unspecified atom stereocenters. The van der Waals surface area contributed by atoms with Crippen molar-refractivity contribution in [3.05, 3.63) is 0 Å². The molecule has 1 rings (SSSR count). The first-order chi connectivity index (χ1) is 7.32. The third-order valence-electron chi connectivity index (χ3n) is 3.16. The van der Waals surface area contributed by atoms with E-state index in [1.54, 1.807) is 0 Å². The Labute approximate surface area is 99.6 Å². The van der Waals surface area contributed by atoms with Gasteiger partial charge in [-0.05, 0) is 24.7 Å². The van der Waals surface area contributed by atoms with E-state index in [0.29, 0.717) is 5.92 Å². The van der Waals surface area contributed by atoms with Crippen LogP contribution in [0.5, 0.6) is 0 Å². The van der Waals surface area contributed by atoms with Crippen LogP contribution in [-0.4, -0.2) is 36.5 Å². The van der Waals surface area contributed by atoms with Crippen LogP contribution in [0, 0.1) is 11.3 Å². The second kappa shape index (κ2) is 5.17. The summed E-state index contributed by atoms with van der Waals surface area (Å²) in [5.74, 6) is 0.911. The average molecular weight is 226 g/mol. The molecule has 1 saturated heterocycles. The molecule has 0 saturated carbocycles. The summed E-state index contributed by atoms with van der Waals surface area (Å²) in [6.07, 6.45) is 1.09. The molecule has 0 aromatic heterocycles. The average Bonchev–Trinajstić information content (AvgIpc) is 2.27. The second-order valence-electron chi connectivity index (χ2n) is 6.21. The van der Waals surface area contributed by atoms with Crippen LogP contribution >= 0.6 is 0 Å². The summed E-state index contributed by atoms with van der Waals surface area (Å²) in [7, 11) is 0. The van der Waals surface area contributed by atoms with Gasteiger partial charge >= 0.3 is 0 Å². The van der Waals surface area contributed by atoms with Gasteiger partial charge in [-0.1, -0.05) is 27.7 Å². The van der Waals surface area contributed by atoms with Gasteiger partial charge in [0.2, 0.25) is 5.91 Å². The maximum atomic E-state index is 12.1. The lowest BCUT2D eigenvalue weighted by Gasteiger charge is -2.29. The highest BCUT2D eigenvalue weighted by Gasteiger charge is 2.31. The van der Waals surface area contributed by atoms with Crippen LogP contribution in [0.1, 0.15) is 41.0 Å². The molecule has 1 heterocycles. The van der Waals surface area contributed by atoms with Gasteiger partial charge in [0.1, 0.15) is 0 Å². The van der Waals surface area contributed by atoms with Crippen molar-refractivity contribution in [2.24, 2.45) is 11.3 Å². The van der Waals surface area contributed by atoms with E-state index in [-0.39, 0.29) is 17.4 Å². The van der Waals surface area contributed by atoms with Crippen LogP contribution in [-0.2, 0) is 4.79 Å². The molecule has 0 spiro atoms. The lowest BCUT2D eigenvalue weighted by atomic mass is 9.93. The number of nitrogens with zero attached hydrogens (tertiary/aromatic N) is 1. The molecule has 1 N–H and O–H groups in total.